The van der Waals surface area contributed by atoms with Gasteiger partial charge in [-0.25, -0.2) is 4.68 Å². The molecule has 0 radical (unpaired) electrons. The molecule has 4 nitrogen and oxygen atoms in total. The Balaban J connectivity index is 1.89. The normalized spacial score (nSPS) is 10.9. The van der Waals surface area contributed by atoms with E-state index < -0.39 is 0 Å². The second-order valence-electron chi connectivity index (χ2n) is 4.85. The lowest BCUT2D eigenvalue weighted by molar-refractivity contribution is 0.371. The number of thioether (sulfide) groups is 1. The van der Waals surface area contributed by atoms with Crippen LogP contribution in [0.25, 0.3) is 0 Å². The van der Waals surface area contributed by atoms with E-state index in [4.69, 9.17) is 15.8 Å². The summed E-state index contributed by atoms with van der Waals surface area (Å²) in [4.78, 5) is 12.5. The van der Waals surface area contributed by atoms with Crippen LogP contribution in [0.4, 0.5) is 0 Å². The van der Waals surface area contributed by atoms with Crippen LogP contribution in [-0.2, 0) is 23.4 Å². The average Bonchev–Trinajstić information content (AvgIpc) is 2.57. The Morgan fingerprint density at radius 1 is 1.30 bits per heavy atom. The number of aromatic nitrogens is 2. The number of aryl methyl sites for hydroxylation is 2. The van der Waals surface area contributed by atoms with Crippen molar-refractivity contribution in [3.05, 3.63) is 57.0 Å². The van der Waals surface area contributed by atoms with E-state index in [0.29, 0.717) is 4.90 Å². The van der Waals surface area contributed by atoms with E-state index in [2.05, 4.69) is 50.6 Å². The molecular weight excluding hydrogens is 467 g/mol. The average molecular weight is 483 g/mol. The minimum absolute atomic E-state index is 0.234. The van der Waals surface area contributed by atoms with Gasteiger partial charge in [0.15, 0.2) is 0 Å². The zero-order chi connectivity index (χ0) is 16.7. The largest absolute Gasteiger partial charge is 0.305 e. The highest BCUT2D eigenvalue weighted by Crippen LogP contribution is 2.26. The van der Waals surface area contributed by atoms with Crippen LogP contribution in [-0.4, -0.2) is 16.4 Å². The van der Waals surface area contributed by atoms with Crippen molar-refractivity contribution in [2.24, 2.45) is 7.05 Å². The summed E-state index contributed by atoms with van der Waals surface area (Å²) < 4.78 is 6.49. The van der Waals surface area contributed by atoms with Gasteiger partial charge in [0.1, 0.15) is 5.02 Å². The third-order valence-corrected chi connectivity index (χ3v) is 5.80. The van der Waals surface area contributed by atoms with Crippen molar-refractivity contribution in [3.8, 4) is 0 Å². The molecule has 0 saturated carbocycles. The molecule has 0 aliphatic rings. The molecule has 124 valence electrons. The Morgan fingerprint density at radius 2 is 2.00 bits per heavy atom. The Kier molecular flexibility index (Phi) is 8.25. The van der Waals surface area contributed by atoms with Crippen LogP contribution in [0, 0.1) is 0 Å². The summed E-state index contributed by atoms with van der Waals surface area (Å²) in [5.41, 5.74) is 2.22. The highest BCUT2D eigenvalue weighted by molar-refractivity contribution is 14.2. The van der Waals surface area contributed by atoms with Crippen molar-refractivity contribution in [3.63, 3.8) is 0 Å². The van der Waals surface area contributed by atoms with Crippen LogP contribution in [0.5, 0.6) is 0 Å². The van der Waals surface area contributed by atoms with Crippen LogP contribution in [0.3, 0.4) is 0 Å². The van der Waals surface area contributed by atoms with Gasteiger partial charge in [-0.3, -0.25) is 4.79 Å². The maximum Gasteiger partial charge on any atom is 0.286 e. The molecule has 0 aliphatic carbocycles. The summed E-state index contributed by atoms with van der Waals surface area (Å²) in [5.74, 6) is 0.753. The highest BCUT2D eigenvalue weighted by atomic mass is 127. The van der Waals surface area contributed by atoms with E-state index >= 15 is 0 Å². The molecule has 2 aromatic rings. The molecule has 0 bridgehead atoms. The van der Waals surface area contributed by atoms with E-state index in [-0.39, 0.29) is 10.6 Å². The van der Waals surface area contributed by atoms with Gasteiger partial charge >= 0.3 is 0 Å². The molecule has 1 aromatic heterocycles. The first-order chi connectivity index (χ1) is 11.1. The first-order valence-electron chi connectivity index (χ1n) is 6.94. The van der Waals surface area contributed by atoms with Crippen LogP contribution in [0.1, 0.15) is 17.5 Å². The van der Waals surface area contributed by atoms with E-state index in [1.165, 1.54) is 36.8 Å². The zero-order valence-corrected chi connectivity index (χ0v) is 17.0. The fourth-order valence-electron chi connectivity index (χ4n) is 1.93. The summed E-state index contributed by atoms with van der Waals surface area (Å²) in [6.07, 6.45) is 3.65. The minimum Gasteiger partial charge on any atom is -0.305 e. The van der Waals surface area contributed by atoms with Crippen molar-refractivity contribution in [2.75, 3.05) is 6.61 Å². The molecule has 1 aromatic carbocycles. The quantitative estimate of drug-likeness (QED) is 0.237. The number of rotatable bonds is 8. The first-order valence-corrected chi connectivity index (χ1v) is 11.6. The summed E-state index contributed by atoms with van der Waals surface area (Å²) in [7, 11) is 2.96. The van der Waals surface area contributed by atoms with E-state index in [0.717, 1.165) is 25.2 Å². The van der Waals surface area contributed by atoms with Crippen molar-refractivity contribution in [1.82, 2.24) is 9.78 Å². The van der Waals surface area contributed by atoms with E-state index in [1.807, 2.05) is 0 Å². The number of benzene rings is 1. The molecule has 2 rings (SSSR count). The topological polar surface area (TPSA) is 44.1 Å². The van der Waals surface area contributed by atoms with Crippen molar-refractivity contribution < 1.29 is 4.18 Å². The molecule has 0 aliphatic heterocycles. The maximum atomic E-state index is 11.7. The lowest BCUT2D eigenvalue weighted by Gasteiger charge is -2.06. The second kappa shape index (κ2) is 9.93. The Bertz CT molecular complexity index is 695. The van der Waals surface area contributed by atoms with Gasteiger partial charge in [-0.2, -0.15) is 5.10 Å². The van der Waals surface area contributed by atoms with Gasteiger partial charge in [-0.1, -0.05) is 35.9 Å². The molecule has 0 atom stereocenters. The highest BCUT2D eigenvalue weighted by Gasteiger charge is 2.08. The molecule has 0 saturated heterocycles. The number of hydrogen-bond acceptors (Lipinski definition) is 5. The SMILES string of the molecule is Cn1ncc(SCc2ccc(CCCOSI)cc2)c(Cl)c1=O. The molecule has 0 unspecified atom stereocenters. The predicted molar refractivity (Wildman–Crippen MR) is 106 cm³/mol. The third-order valence-electron chi connectivity index (χ3n) is 3.20. The standard InChI is InChI=1S/C15H16ClIN2O2S2/c1-19-15(20)14(16)13(9-18-19)22-10-12-6-4-11(5-7-12)3-2-8-21-23-17/h4-7,9H,2-3,8,10H2,1H3. The van der Waals surface area contributed by atoms with Gasteiger partial charge in [0, 0.05) is 34.0 Å². The van der Waals surface area contributed by atoms with Crippen molar-refractivity contribution in [1.29, 1.82) is 0 Å². The third kappa shape index (κ3) is 5.97. The molecule has 0 fully saturated rings. The predicted octanol–water partition coefficient (Wildman–Crippen LogP) is 4.67. The maximum absolute atomic E-state index is 11.7. The Labute approximate surface area is 161 Å². The van der Waals surface area contributed by atoms with Crippen LogP contribution in [0.15, 0.2) is 40.2 Å². The minimum atomic E-state index is -0.265. The molecular formula is C15H16ClIN2O2S2. The van der Waals surface area contributed by atoms with Gasteiger partial charge in [-0.15, -0.1) is 11.8 Å². The summed E-state index contributed by atoms with van der Waals surface area (Å²) in [5, 5.41) is 4.23. The Morgan fingerprint density at radius 3 is 2.70 bits per heavy atom. The van der Waals surface area contributed by atoms with Crippen LogP contribution in [0.2, 0.25) is 5.02 Å². The zero-order valence-electron chi connectivity index (χ0n) is 12.5. The lowest BCUT2D eigenvalue weighted by atomic mass is 10.1. The smallest absolute Gasteiger partial charge is 0.286 e. The summed E-state index contributed by atoms with van der Waals surface area (Å²) in [6, 6.07) is 8.49. The number of halogens is 2. The molecule has 8 heteroatoms. The first kappa shape index (κ1) is 19.1. The van der Waals surface area contributed by atoms with E-state index in [1.54, 1.807) is 13.2 Å². The van der Waals surface area contributed by atoms with Gasteiger partial charge in [-0.05, 0) is 24.0 Å². The van der Waals surface area contributed by atoms with Crippen LogP contribution < -0.4 is 5.56 Å². The van der Waals surface area contributed by atoms with Gasteiger partial charge in [0.2, 0.25) is 0 Å². The summed E-state index contributed by atoms with van der Waals surface area (Å²) >= 11 is 9.71. The molecule has 0 spiro atoms. The van der Waals surface area contributed by atoms with Gasteiger partial charge in [0.05, 0.1) is 26.9 Å². The van der Waals surface area contributed by atoms with E-state index in [9.17, 15) is 4.79 Å². The fraction of sp³-hybridized carbons (Fsp3) is 0.333. The fourth-order valence-corrected chi connectivity index (χ4v) is 3.83. The molecule has 0 amide bonds. The Hall–Kier alpha value is -0.220. The summed E-state index contributed by atoms with van der Waals surface area (Å²) in [6.45, 7) is 0.764. The van der Waals surface area contributed by atoms with Crippen molar-refractivity contribution >= 4 is 53.8 Å². The monoisotopic (exact) mass is 482 g/mol. The molecule has 0 N–H and O–H groups in total. The lowest BCUT2D eigenvalue weighted by Crippen LogP contribution is -2.19. The molecule has 23 heavy (non-hydrogen) atoms. The van der Waals surface area contributed by atoms with Gasteiger partial charge in [0.25, 0.3) is 5.56 Å². The molecule has 1 heterocycles. The second-order valence-corrected chi connectivity index (χ2v) is 7.68. The number of hydrogen-bond donors (Lipinski definition) is 0. The van der Waals surface area contributed by atoms with Crippen molar-refractivity contribution in [2.45, 2.75) is 23.5 Å². The van der Waals surface area contributed by atoms with Crippen LogP contribution >= 0.6 is 53.8 Å². The number of nitrogens with zero attached hydrogens (tertiary/aromatic N) is 2. The van der Waals surface area contributed by atoms with Gasteiger partial charge < -0.3 is 4.18 Å².